The minimum Gasteiger partial charge on any atom is -0.489 e. The Morgan fingerprint density at radius 1 is 1.09 bits per heavy atom. The maximum atomic E-state index is 13.9. The predicted octanol–water partition coefficient (Wildman–Crippen LogP) is 5.94. The topological polar surface area (TPSA) is 67.8 Å². The maximum absolute atomic E-state index is 13.9. The molecule has 3 N–H and O–H groups in total. The van der Waals surface area contributed by atoms with Gasteiger partial charge in [-0.25, -0.2) is 0 Å². The van der Waals surface area contributed by atoms with Gasteiger partial charge in [-0.2, -0.15) is 13.2 Å². The molecule has 3 aromatic rings. The van der Waals surface area contributed by atoms with E-state index < -0.39 is 17.8 Å². The smallest absolute Gasteiger partial charge is 0.417 e. The fraction of sp³-hybridized carbons (Fsp3) is 0.240. The van der Waals surface area contributed by atoms with Gasteiger partial charge in [0.15, 0.2) is 0 Å². The number of aliphatic hydroxyl groups excluding tert-OH is 1. The van der Waals surface area contributed by atoms with Crippen LogP contribution in [0.5, 0.6) is 5.75 Å². The highest BCUT2D eigenvalue weighted by atomic mass is 32.2. The van der Waals surface area contributed by atoms with Crippen LogP contribution in [0.15, 0.2) is 87.6 Å². The molecule has 0 aliphatic carbocycles. The number of hydrogen-bond acceptors (Lipinski definition) is 6. The lowest BCUT2D eigenvalue weighted by Gasteiger charge is -2.17. The van der Waals surface area contributed by atoms with E-state index in [9.17, 15) is 18.3 Å². The van der Waals surface area contributed by atoms with Gasteiger partial charge < -0.3 is 15.6 Å². The van der Waals surface area contributed by atoms with E-state index >= 15 is 0 Å². The highest BCUT2D eigenvalue weighted by molar-refractivity contribution is 8.14. The summed E-state index contributed by atoms with van der Waals surface area (Å²) in [5.74, 6) is 0.589. The van der Waals surface area contributed by atoms with Crippen LogP contribution in [-0.2, 0) is 12.8 Å². The summed E-state index contributed by atoms with van der Waals surface area (Å²) in [6, 6.07) is 20.5. The molecule has 0 spiro atoms. The fourth-order valence-electron chi connectivity index (χ4n) is 3.40. The Morgan fingerprint density at radius 3 is 2.62 bits per heavy atom. The number of rotatable bonds is 8. The predicted molar refractivity (Wildman–Crippen MR) is 130 cm³/mol. The van der Waals surface area contributed by atoms with Gasteiger partial charge in [-0.15, -0.1) is 0 Å². The summed E-state index contributed by atoms with van der Waals surface area (Å²) in [7, 11) is 0. The molecule has 2 atom stereocenters. The van der Waals surface area contributed by atoms with Crippen LogP contribution >= 0.6 is 23.5 Å². The average Bonchev–Trinajstić information content (AvgIpc) is 3.33. The lowest BCUT2D eigenvalue weighted by Crippen LogP contribution is -2.31. The highest BCUT2D eigenvalue weighted by Gasteiger charge is 2.35. The normalized spacial score (nSPS) is 16.9. The molecular formula is C25H23F3N2O2S2. The molecule has 1 unspecified atom stereocenters. The Labute approximate surface area is 204 Å². The van der Waals surface area contributed by atoms with Crippen molar-refractivity contribution in [3.8, 4) is 5.75 Å². The molecule has 34 heavy (non-hydrogen) atoms. The van der Waals surface area contributed by atoms with Gasteiger partial charge in [0.2, 0.25) is 0 Å². The van der Waals surface area contributed by atoms with Crippen LogP contribution in [0.25, 0.3) is 0 Å². The summed E-state index contributed by atoms with van der Waals surface area (Å²) in [5.41, 5.74) is 6.65. The molecule has 3 aromatic carbocycles. The van der Waals surface area contributed by atoms with E-state index in [1.165, 1.54) is 23.9 Å². The Kier molecular flexibility index (Phi) is 7.88. The Morgan fingerprint density at radius 2 is 1.88 bits per heavy atom. The first kappa shape index (κ1) is 24.7. The zero-order chi connectivity index (χ0) is 24.1. The maximum Gasteiger partial charge on any atom is 0.417 e. The van der Waals surface area contributed by atoms with Crippen molar-refractivity contribution in [2.24, 2.45) is 10.7 Å². The van der Waals surface area contributed by atoms with Crippen LogP contribution < -0.4 is 10.5 Å². The van der Waals surface area contributed by atoms with E-state index in [1.54, 1.807) is 30.3 Å². The van der Waals surface area contributed by atoms with Crippen molar-refractivity contribution in [3.05, 3.63) is 89.5 Å². The lowest BCUT2D eigenvalue weighted by molar-refractivity contribution is -0.139. The van der Waals surface area contributed by atoms with E-state index in [2.05, 4.69) is 4.99 Å². The second kappa shape index (κ2) is 10.9. The van der Waals surface area contributed by atoms with Gasteiger partial charge in [0, 0.05) is 9.79 Å². The quantitative estimate of drug-likeness (QED) is 0.397. The van der Waals surface area contributed by atoms with Gasteiger partial charge in [-0.1, -0.05) is 66.0 Å². The Balaban J connectivity index is 1.51. The molecule has 1 aliphatic heterocycles. The average molecular weight is 505 g/mol. The Hall–Kier alpha value is -2.46. The first-order valence-electron chi connectivity index (χ1n) is 10.6. The van der Waals surface area contributed by atoms with E-state index in [1.807, 2.05) is 30.3 Å². The summed E-state index contributed by atoms with van der Waals surface area (Å²) in [6.07, 6.45) is -4.51. The molecule has 0 radical (unpaired) electrons. The van der Waals surface area contributed by atoms with Gasteiger partial charge in [0.25, 0.3) is 0 Å². The van der Waals surface area contributed by atoms with Gasteiger partial charge >= 0.3 is 6.18 Å². The van der Waals surface area contributed by atoms with Gasteiger partial charge in [-0.3, -0.25) is 4.99 Å². The third kappa shape index (κ3) is 6.15. The second-order valence-electron chi connectivity index (χ2n) is 7.68. The second-order valence-corrected chi connectivity index (χ2v) is 10.0. The highest BCUT2D eigenvalue weighted by Crippen LogP contribution is 2.44. The number of halogens is 3. The van der Waals surface area contributed by atoms with Crippen LogP contribution in [-0.4, -0.2) is 29.3 Å². The summed E-state index contributed by atoms with van der Waals surface area (Å²) >= 11 is 2.35. The molecule has 9 heteroatoms. The van der Waals surface area contributed by atoms with Gasteiger partial charge in [0.1, 0.15) is 12.4 Å². The minimum atomic E-state index is -4.51. The van der Waals surface area contributed by atoms with Crippen LogP contribution in [0.4, 0.5) is 13.2 Å². The lowest BCUT2D eigenvalue weighted by atomic mass is 10.1. The summed E-state index contributed by atoms with van der Waals surface area (Å²) in [5, 5.41) is 9.51. The monoisotopic (exact) mass is 504 g/mol. The molecule has 0 saturated carbocycles. The van der Waals surface area contributed by atoms with Crippen LogP contribution in [0, 0.1) is 0 Å². The largest absolute Gasteiger partial charge is 0.489 e. The number of aliphatic imine (C=N–C) groups is 1. The first-order valence-corrected chi connectivity index (χ1v) is 12.3. The van der Waals surface area contributed by atoms with E-state index in [0.29, 0.717) is 34.4 Å². The van der Waals surface area contributed by atoms with Crippen LogP contribution in [0.2, 0.25) is 0 Å². The van der Waals surface area contributed by atoms with E-state index in [-0.39, 0.29) is 16.8 Å². The summed E-state index contributed by atoms with van der Waals surface area (Å²) < 4.78 is 47.6. The van der Waals surface area contributed by atoms with Crippen molar-refractivity contribution in [2.45, 2.75) is 33.9 Å². The van der Waals surface area contributed by atoms with E-state index in [0.717, 1.165) is 17.3 Å². The minimum absolute atomic E-state index is 0.118. The molecular weight excluding hydrogens is 481 g/mol. The molecule has 4 nitrogen and oxygen atoms in total. The molecule has 1 heterocycles. The SMILES string of the molecule is N[C@@H](CO)C1=NCC(c2ccc(Sc3cccc(OCc4ccccc4)c3)c(C(F)(F)F)c2)S1. The van der Waals surface area contributed by atoms with Gasteiger partial charge in [-0.05, 0) is 41.5 Å². The Bertz CT molecular complexity index is 1160. The number of alkyl halides is 3. The molecule has 178 valence electrons. The van der Waals surface area contributed by atoms with E-state index in [4.69, 9.17) is 10.5 Å². The van der Waals surface area contributed by atoms with Crippen molar-refractivity contribution in [3.63, 3.8) is 0 Å². The van der Waals surface area contributed by atoms with Crippen molar-refractivity contribution < 1.29 is 23.0 Å². The van der Waals surface area contributed by atoms with Crippen LogP contribution in [0.3, 0.4) is 0 Å². The third-order valence-electron chi connectivity index (χ3n) is 5.15. The van der Waals surface area contributed by atoms with Crippen molar-refractivity contribution in [1.82, 2.24) is 0 Å². The molecule has 0 bridgehead atoms. The van der Waals surface area contributed by atoms with Crippen molar-refractivity contribution in [1.29, 1.82) is 0 Å². The van der Waals surface area contributed by atoms with Gasteiger partial charge in [0.05, 0.1) is 35.1 Å². The van der Waals surface area contributed by atoms with Crippen molar-refractivity contribution in [2.75, 3.05) is 13.2 Å². The number of nitrogens with zero attached hydrogens (tertiary/aromatic N) is 1. The summed E-state index contributed by atoms with van der Waals surface area (Å²) in [6.45, 7) is 0.453. The molecule has 0 amide bonds. The van der Waals surface area contributed by atoms with Crippen molar-refractivity contribution >= 4 is 28.6 Å². The molecule has 0 aromatic heterocycles. The third-order valence-corrected chi connectivity index (χ3v) is 7.60. The number of aliphatic hydroxyl groups is 1. The molecule has 1 aliphatic rings. The number of benzene rings is 3. The summed E-state index contributed by atoms with van der Waals surface area (Å²) in [4.78, 5) is 5.06. The number of hydrogen-bond donors (Lipinski definition) is 2. The zero-order valence-corrected chi connectivity index (χ0v) is 19.7. The molecule has 0 fully saturated rings. The molecule has 4 rings (SSSR count). The molecule has 0 saturated heterocycles. The van der Waals surface area contributed by atoms with Crippen LogP contribution in [0.1, 0.15) is 21.9 Å². The fourth-order valence-corrected chi connectivity index (χ4v) is 5.52. The number of ether oxygens (including phenoxy) is 1. The number of thioether (sulfide) groups is 1. The zero-order valence-electron chi connectivity index (χ0n) is 18.0. The standard InChI is InChI=1S/C25H23F3N2O2S2/c26-25(27,28)20-11-17(23-13-30-24(34-23)21(29)14-31)9-10-22(20)33-19-8-4-7-18(12-19)32-15-16-5-2-1-3-6-16/h1-12,21,23,31H,13-15,29H2/t21-,23?/m0/s1. The first-order chi connectivity index (χ1) is 16.3. The number of nitrogens with two attached hydrogens (primary N) is 1.